The summed E-state index contributed by atoms with van der Waals surface area (Å²) in [4.78, 5) is 16.8. The molecular formula is C24H28N2O4S. The van der Waals surface area contributed by atoms with Gasteiger partial charge in [-0.25, -0.2) is 4.98 Å². The number of rotatable bonds is 11. The van der Waals surface area contributed by atoms with Crippen molar-refractivity contribution in [1.82, 2.24) is 4.98 Å². The van der Waals surface area contributed by atoms with Gasteiger partial charge in [0.15, 0.2) is 16.6 Å². The van der Waals surface area contributed by atoms with Crippen molar-refractivity contribution in [3.05, 3.63) is 48.0 Å². The highest BCUT2D eigenvalue weighted by molar-refractivity contribution is 7.22. The molecule has 164 valence electrons. The molecule has 0 saturated heterocycles. The lowest BCUT2D eigenvalue weighted by molar-refractivity contribution is -0.111. The summed E-state index contributed by atoms with van der Waals surface area (Å²) in [6, 6.07) is 11.3. The summed E-state index contributed by atoms with van der Waals surface area (Å²) in [7, 11) is 1.61. The van der Waals surface area contributed by atoms with Crippen LogP contribution in [0.1, 0.15) is 38.7 Å². The van der Waals surface area contributed by atoms with Crippen molar-refractivity contribution in [3.8, 4) is 17.2 Å². The van der Waals surface area contributed by atoms with Crippen molar-refractivity contribution >= 4 is 38.7 Å². The quantitative estimate of drug-likeness (QED) is 0.296. The van der Waals surface area contributed by atoms with Gasteiger partial charge >= 0.3 is 0 Å². The van der Waals surface area contributed by atoms with E-state index in [1.807, 2.05) is 43.3 Å². The van der Waals surface area contributed by atoms with Crippen LogP contribution >= 0.6 is 11.3 Å². The Labute approximate surface area is 186 Å². The molecule has 0 atom stereocenters. The number of nitrogens with one attached hydrogen (secondary N) is 1. The summed E-state index contributed by atoms with van der Waals surface area (Å²) < 4.78 is 17.7. The zero-order valence-corrected chi connectivity index (χ0v) is 19.0. The minimum atomic E-state index is -0.247. The second-order valence-corrected chi connectivity index (χ2v) is 7.90. The first-order valence-corrected chi connectivity index (χ1v) is 11.3. The first-order valence-electron chi connectivity index (χ1n) is 10.5. The number of amides is 1. The van der Waals surface area contributed by atoms with Gasteiger partial charge in [0, 0.05) is 6.08 Å². The number of unbranched alkanes of at least 4 members (excludes halogenated alkanes) is 2. The predicted molar refractivity (Wildman–Crippen MR) is 126 cm³/mol. The molecule has 0 fully saturated rings. The molecule has 2 aromatic carbocycles. The number of hydrogen-bond donors (Lipinski definition) is 1. The molecule has 1 heterocycles. The first kappa shape index (κ1) is 22.6. The highest BCUT2D eigenvalue weighted by Gasteiger charge is 2.08. The maximum absolute atomic E-state index is 12.3. The largest absolute Gasteiger partial charge is 0.494 e. The third kappa shape index (κ3) is 6.46. The number of methoxy groups -OCH3 is 1. The second kappa shape index (κ2) is 11.4. The van der Waals surface area contributed by atoms with E-state index >= 15 is 0 Å². The van der Waals surface area contributed by atoms with Crippen molar-refractivity contribution in [3.63, 3.8) is 0 Å². The number of fused-ring (bicyclic) bond motifs is 1. The normalized spacial score (nSPS) is 11.1. The molecule has 6 nitrogen and oxygen atoms in total. The van der Waals surface area contributed by atoms with E-state index in [-0.39, 0.29) is 5.91 Å². The molecule has 0 spiro atoms. The molecule has 1 aromatic heterocycles. The van der Waals surface area contributed by atoms with Gasteiger partial charge in [0.2, 0.25) is 5.91 Å². The molecule has 1 amide bonds. The molecule has 31 heavy (non-hydrogen) atoms. The van der Waals surface area contributed by atoms with Crippen LogP contribution in [0.3, 0.4) is 0 Å². The van der Waals surface area contributed by atoms with Gasteiger partial charge in [0.25, 0.3) is 0 Å². The fourth-order valence-electron chi connectivity index (χ4n) is 2.98. The van der Waals surface area contributed by atoms with Crippen molar-refractivity contribution < 1.29 is 19.0 Å². The zero-order chi connectivity index (χ0) is 22.1. The van der Waals surface area contributed by atoms with Gasteiger partial charge in [-0.05, 0) is 55.3 Å². The number of carbonyl (C=O) groups excluding carboxylic acids is 1. The topological polar surface area (TPSA) is 69.7 Å². The van der Waals surface area contributed by atoms with E-state index in [4.69, 9.17) is 14.2 Å². The van der Waals surface area contributed by atoms with Crippen LogP contribution in [-0.4, -0.2) is 31.2 Å². The number of benzene rings is 2. The van der Waals surface area contributed by atoms with Gasteiger partial charge in [0.05, 0.1) is 30.5 Å². The zero-order valence-electron chi connectivity index (χ0n) is 18.1. The van der Waals surface area contributed by atoms with E-state index in [9.17, 15) is 4.79 Å². The number of hydrogen-bond acceptors (Lipinski definition) is 6. The summed E-state index contributed by atoms with van der Waals surface area (Å²) in [6.45, 7) is 5.37. The Morgan fingerprint density at radius 1 is 1.10 bits per heavy atom. The molecule has 0 bridgehead atoms. The molecule has 0 saturated carbocycles. The Balaban J connectivity index is 1.62. The summed E-state index contributed by atoms with van der Waals surface area (Å²) in [5.74, 6) is 1.91. The summed E-state index contributed by atoms with van der Waals surface area (Å²) in [6.07, 6.45) is 6.52. The number of aromatic nitrogens is 1. The Kier molecular flexibility index (Phi) is 8.29. The molecule has 3 aromatic rings. The molecule has 0 aliphatic rings. The molecule has 0 aliphatic heterocycles. The van der Waals surface area contributed by atoms with Crippen LogP contribution in [0.2, 0.25) is 0 Å². The Morgan fingerprint density at radius 2 is 1.97 bits per heavy atom. The van der Waals surface area contributed by atoms with E-state index in [0.29, 0.717) is 29.8 Å². The highest BCUT2D eigenvalue weighted by Crippen LogP contribution is 2.30. The lowest BCUT2D eigenvalue weighted by atomic mass is 10.2. The van der Waals surface area contributed by atoms with Crippen LogP contribution in [0, 0.1) is 0 Å². The van der Waals surface area contributed by atoms with Crippen molar-refractivity contribution in [1.29, 1.82) is 0 Å². The van der Waals surface area contributed by atoms with Gasteiger partial charge in [-0.15, -0.1) is 0 Å². The number of nitrogens with zero attached hydrogens (tertiary/aromatic N) is 1. The number of carbonyl (C=O) groups is 1. The van der Waals surface area contributed by atoms with Crippen LogP contribution in [0.4, 0.5) is 5.13 Å². The molecule has 7 heteroatoms. The van der Waals surface area contributed by atoms with Gasteiger partial charge in [0.1, 0.15) is 5.75 Å². The van der Waals surface area contributed by atoms with Crippen LogP contribution in [0.5, 0.6) is 17.2 Å². The molecular weight excluding hydrogens is 412 g/mol. The fraction of sp³-hybridized carbons (Fsp3) is 0.333. The summed E-state index contributed by atoms with van der Waals surface area (Å²) in [5.41, 5.74) is 1.67. The van der Waals surface area contributed by atoms with Gasteiger partial charge < -0.3 is 14.2 Å². The van der Waals surface area contributed by atoms with Crippen molar-refractivity contribution in [2.75, 3.05) is 25.6 Å². The molecule has 1 N–H and O–H groups in total. The smallest absolute Gasteiger partial charge is 0.250 e. The molecule has 0 aliphatic carbocycles. The van der Waals surface area contributed by atoms with Crippen LogP contribution in [-0.2, 0) is 4.79 Å². The maximum Gasteiger partial charge on any atom is 0.250 e. The van der Waals surface area contributed by atoms with Crippen molar-refractivity contribution in [2.45, 2.75) is 33.1 Å². The number of thiazole rings is 1. The van der Waals surface area contributed by atoms with E-state index in [0.717, 1.165) is 40.8 Å². The average molecular weight is 441 g/mol. The summed E-state index contributed by atoms with van der Waals surface area (Å²) >= 11 is 1.41. The number of anilines is 1. The SMILES string of the molecule is CCCCCOc1ccc(/C=C/C(=O)Nc2nc3ccc(OCC)cc3s2)cc1OC. The van der Waals surface area contributed by atoms with E-state index < -0.39 is 0 Å². The Morgan fingerprint density at radius 3 is 2.74 bits per heavy atom. The third-order valence-corrected chi connectivity index (χ3v) is 5.45. The van der Waals surface area contributed by atoms with Crippen LogP contribution < -0.4 is 19.5 Å². The average Bonchev–Trinajstić information content (AvgIpc) is 3.17. The van der Waals surface area contributed by atoms with Gasteiger partial charge in [-0.3, -0.25) is 10.1 Å². The van der Waals surface area contributed by atoms with Gasteiger partial charge in [-0.2, -0.15) is 0 Å². The maximum atomic E-state index is 12.3. The lowest BCUT2D eigenvalue weighted by Gasteiger charge is -2.11. The standard InChI is InChI=1S/C24H28N2O4S/c1-4-6-7-14-30-20-12-8-17(15-21(20)28-3)9-13-23(27)26-24-25-19-11-10-18(29-5-2)16-22(19)31-24/h8-13,15-16H,4-7,14H2,1-3H3,(H,25,26,27)/b13-9+. The van der Waals surface area contributed by atoms with E-state index in [1.54, 1.807) is 13.2 Å². The van der Waals surface area contributed by atoms with Crippen molar-refractivity contribution in [2.24, 2.45) is 0 Å². The monoisotopic (exact) mass is 440 g/mol. The Hall–Kier alpha value is -3.06. The van der Waals surface area contributed by atoms with E-state index in [2.05, 4.69) is 17.2 Å². The van der Waals surface area contributed by atoms with Gasteiger partial charge in [-0.1, -0.05) is 37.2 Å². The molecule has 0 unspecified atom stereocenters. The highest BCUT2D eigenvalue weighted by atomic mass is 32.1. The molecule has 3 rings (SSSR count). The third-order valence-electron chi connectivity index (χ3n) is 4.52. The lowest BCUT2D eigenvalue weighted by Crippen LogP contribution is -2.07. The fourth-order valence-corrected chi connectivity index (χ4v) is 3.87. The predicted octanol–water partition coefficient (Wildman–Crippen LogP) is 5.92. The Bertz CT molecular complexity index is 1050. The second-order valence-electron chi connectivity index (χ2n) is 6.87. The minimum Gasteiger partial charge on any atom is -0.494 e. The van der Waals surface area contributed by atoms with Crippen LogP contribution in [0.25, 0.3) is 16.3 Å². The summed E-state index contributed by atoms with van der Waals surface area (Å²) in [5, 5.41) is 3.37. The first-order chi connectivity index (χ1) is 15.1. The number of ether oxygens (including phenoxy) is 3. The van der Waals surface area contributed by atoms with Crippen LogP contribution in [0.15, 0.2) is 42.5 Å². The molecule has 0 radical (unpaired) electrons. The van der Waals surface area contributed by atoms with E-state index in [1.165, 1.54) is 17.4 Å². The minimum absolute atomic E-state index is 0.247.